The van der Waals surface area contributed by atoms with Gasteiger partial charge in [-0.15, -0.1) is 0 Å². The van der Waals surface area contributed by atoms with Crippen LogP contribution in [0.5, 0.6) is 0 Å². The van der Waals surface area contributed by atoms with Crippen LogP contribution in [0, 0.1) is 0 Å². The molecule has 1 aliphatic rings. The van der Waals surface area contributed by atoms with E-state index in [1.807, 2.05) is 30.5 Å². The van der Waals surface area contributed by atoms with Gasteiger partial charge in [0.1, 0.15) is 11.9 Å². The van der Waals surface area contributed by atoms with Gasteiger partial charge in [0.15, 0.2) is 0 Å². The first-order valence-electron chi connectivity index (χ1n) is 10.0. The van der Waals surface area contributed by atoms with Crippen molar-refractivity contribution in [2.24, 2.45) is 0 Å². The van der Waals surface area contributed by atoms with Crippen LogP contribution in [0.2, 0.25) is 0 Å². The Morgan fingerprint density at radius 1 is 0.933 bits per heavy atom. The minimum Gasteiger partial charge on any atom is -0.369 e. The summed E-state index contributed by atoms with van der Waals surface area (Å²) in [6, 6.07) is 18.1. The predicted octanol–water partition coefficient (Wildman–Crippen LogP) is 3.74. The van der Waals surface area contributed by atoms with E-state index in [-0.39, 0.29) is 6.10 Å². The number of para-hydroxylation sites is 1. The Balaban J connectivity index is 1.31. The molecule has 0 radical (unpaired) electrons. The zero-order chi connectivity index (χ0) is 20.2. The molecule has 1 atom stereocenters. The first-order chi connectivity index (χ1) is 14.8. The topological polar surface area (TPSA) is 76.1 Å². The van der Waals surface area contributed by atoms with Crippen molar-refractivity contribution >= 4 is 22.7 Å². The molecule has 0 unspecified atom stereocenters. The second-order valence-electron chi connectivity index (χ2n) is 7.23. The number of ether oxygens (including phenoxy) is 1. The summed E-state index contributed by atoms with van der Waals surface area (Å²) in [5.74, 6) is 1.23. The summed E-state index contributed by atoms with van der Waals surface area (Å²) in [5, 5.41) is 4.35. The van der Waals surface area contributed by atoms with E-state index in [0.717, 1.165) is 30.8 Å². The fraction of sp³-hybridized carbons (Fsp3) is 0.217. The third-order valence-electron chi connectivity index (χ3n) is 5.19. The summed E-state index contributed by atoms with van der Waals surface area (Å²) >= 11 is 0. The molecule has 150 valence electrons. The molecule has 3 aromatic heterocycles. The molecule has 30 heavy (non-hydrogen) atoms. The first-order valence-corrected chi connectivity index (χ1v) is 10.0. The molecule has 5 rings (SSSR count). The highest BCUT2D eigenvalue weighted by molar-refractivity contribution is 5.81. The van der Waals surface area contributed by atoms with Crippen molar-refractivity contribution < 1.29 is 4.74 Å². The highest BCUT2D eigenvalue weighted by Gasteiger charge is 2.24. The van der Waals surface area contributed by atoms with Gasteiger partial charge in [0.05, 0.1) is 17.8 Å². The molecule has 0 bridgehead atoms. The number of nitrogens with zero attached hydrogens (tertiary/aromatic N) is 5. The van der Waals surface area contributed by atoms with Gasteiger partial charge >= 0.3 is 0 Å². The standard InChI is InChI=1S/C23H22N6O/c1-2-6-19-18(5-1)17(9-12-24-19)15-29-13-14-30-21(16-29)20-7-3-8-22(27-20)28-23-25-10-4-11-26-23/h1-12,21H,13-16H2,(H,25,26,27,28)/t21-/m1/s1. The van der Waals surface area contributed by atoms with Crippen LogP contribution in [0.25, 0.3) is 10.9 Å². The minimum atomic E-state index is -0.0784. The maximum atomic E-state index is 6.05. The van der Waals surface area contributed by atoms with Crippen molar-refractivity contribution in [2.75, 3.05) is 25.0 Å². The number of hydrogen-bond acceptors (Lipinski definition) is 7. The summed E-state index contributed by atoms with van der Waals surface area (Å²) in [5.41, 5.74) is 3.22. The smallest absolute Gasteiger partial charge is 0.228 e. The average Bonchev–Trinajstić information content (AvgIpc) is 2.80. The van der Waals surface area contributed by atoms with E-state index in [1.54, 1.807) is 18.5 Å². The minimum absolute atomic E-state index is 0.0784. The number of aromatic nitrogens is 4. The third-order valence-corrected chi connectivity index (χ3v) is 5.19. The number of benzene rings is 1. The lowest BCUT2D eigenvalue weighted by Gasteiger charge is -2.33. The molecule has 0 spiro atoms. The van der Waals surface area contributed by atoms with E-state index >= 15 is 0 Å². The predicted molar refractivity (Wildman–Crippen MR) is 115 cm³/mol. The molecule has 7 nitrogen and oxygen atoms in total. The Bertz CT molecular complexity index is 1130. The molecule has 1 N–H and O–H groups in total. The van der Waals surface area contributed by atoms with Crippen molar-refractivity contribution in [1.82, 2.24) is 24.8 Å². The van der Waals surface area contributed by atoms with Gasteiger partial charge in [-0.2, -0.15) is 0 Å². The fourth-order valence-electron chi connectivity index (χ4n) is 3.74. The van der Waals surface area contributed by atoms with Crippen LogP contribution >= 0.6 is 0 Å². The molecular weight excluding hydrogens is 376 g/mol. The lowest BCUT2D eigenvalue weighted by molar-refractivity contribution is -0.0348. The molecule has 7 heteroatoms. The first kappa shape index (κ1) is 18.6. The molecule has 4 heterocycles. The van der Waals surface area contributed by atoms with Crippen molar-refractivity contribution in [2.45, 2.75) is 12.6 Å². The highest BCUT2D eigenvalue weighted by atomic mass is 16.5. The number of pyridine rings is 2. The number of fused-ring (bicyclic) bond motifs is 1. The molecule has 1 aliphatic heterocycles. The number of hydrogen-bond donors (Lipinski definition) is 1. The molecule has 0 aliphatic carbocycles. The van der Waals surface area contributed by atoms with Gasteiger partial charge in [-0.3, -0.25) is 9.88 Å². The molecular formula is C23H22N6O. The van der Waals surface area contributed by atoms with Gasteiger partial charge in [0.25, 0.3) is 0 Å². The van der Waals surface area contributed by atoms with Crippen LogP contribution in [0.1, 0.15) is 17.4 Å². The molecule has 1 saturated heterocycles. The normalized spacial score (nSPS) is 17.1. The van der Waals surface area contributed by atoms with Gasteiger partial charge in [0.2, 0.25) is 5.95 Å². The van der Waals surface area contributed by atoms with Gasteiger partial charge in [-0.1, -0.05) is 24.3 Å². The van der Waals surface area contributed by atoms with Crippen LogP contribution in [-0.4, -0.2) is 44.5 Å². The maximum Gasteiger partial charge on any atom is 0.228 e. The third kappa shape index (κ3) is 4.12. The van der Waals surface area contributed by atoms with Crippen molar-refractivity contribution in [3.8, 4) is 0 Å². The Kier molecular flexibility index (Phi) is 5.28. The second kappa shape index (κ2) is 8.52. The van der Waals surface area contributed by atoms with Gasteiger partial charge in [-0.25, -0.2) is 15.0 Å². The summed E-state index contributed by atoms with van der Waals surface area (Å²) in [4.78, 5) is 20.0. The number of rotatable bonds is 5. The van der Waals surface area contributed by atoms with Crippen molar-refractivity contribution in [1.29, 1.82) is 0 Å². The Morgan fingerprint density at radius 2 is 1.83 bits per heavy atom. The molecule has 1 fully saturated rings. The van der Waals surface area contributed by atoms with Crippen LogP contribution in [0.15, 0.2) is 73.2 Å². The highest BCUT2D eigenvalue weighted by Crippen LogP contribution is 2.25. The van der Waals surface area contributed by atoms with Crippen molar-refractivity contribution in [3.05, 3.63) is 84.4 Å². The van der Waals surface area contributed by atoms with Crippen molar-refractivity contribution in [3.63, 3.8) is 0 Å². The molecule has 0 saturated carbocycles. The van der Waals surface area contributed by atoms with Gasteiger partial charge in [0, 0.05) is 43.6 Å². The summed E-state index contributed by atoms with van der Waals surface area (Å²) in [6.07, 6.45) is 5.21. The van der Waals surface area contributed by atoms with Crippen LogP contribution < -0.4 is 5.32 Å². The van der Waals surface area contributed by atoms with E-state index < -0.39 is 0 Å². The molecule has 4 aromatic rings. The summed E-state index contributed by atoms with van der Waals surface area (Å²) < 4.78 is 6.05. The fourth-order valence-corrected chi connectivity index (χ4v) is 3.74. The van der Waals surface area contributed by atoms with Gasteiger partial charge in [-0.05, 0) is 35.9 Å². The van der Waals surface area contributed by atoms with E-state index in [2.05, 4.69) is 49.4 Å². The summed E-state index contributed by atoms with van der Waals surface area (Å²) in [6.45, 7) is 3.21. The second-order valence-corrected chi connectivity index (χ2v) is 7.23. The lowest BCUT2D eigenvalue weighted by atomic mass is 10.1. The van der Waals surface area contributed by atoms with Gasteiger partial charge < -0.3 is 10.1 Å². The quantitative estimate of drug-likeness (QED) is 0.549. The van der Waals surface area contributed by atoms with E-state index in [4.69, 9.17) is 9.72 Å². The van der Waals surface area contributed by atoms with E-state index in [0.29, 0.717) is 18.4 Å². The van der Waals surface area contributed by atoms with Crippen LogP contribution in [0.3, 0.4) is 0 Å². The molecule has 0 amide bonds. The van der Waals surface area contributed by atoms with E-state index in [9.17, 15) is 0 Å². The Morgan fingerprint density at radius 3 is 2.77 bits per heavy atom. The van der Waals surface area contributed by atoms with Crippen LogP contribution in [-0.2, 0) is 11.3 Å². The SMILES string of the molecule is c1cnc(Nc2cccc([C@H]3CN(Cc4ccnc5ccccc45)CCO3)n2)nc1. The maximum absolute atomic E-state index is 6.05. The number of anilines is 2. The zero-order valence-corrected chi connectivity index (χ0v) is 16.5. The lowest BCUT2D eigenvalue weighted by Crippen LogP contribution is -2.38. The molecule has 1 aromatic carbocycles. The monoisotopic (exact) mass is 398 g/mol. The largest absolute Gasteiger partial charge is 0.369 e. The Labute approximate surface area is 174 Å². The average molecular weight is 398 g/mol. The number of nitrogens with one attached hydrogen (secondary N) is 1. The van der Waals surface area contributed by atoms with E-state index in [1.165, 1.54) is 10.9 Å². The summed E-state index contributed by atoms with van der Waals surface area (Å²) in [7, 11) is 0. The zero-order valence-electron chi connectivity index (χ0n) is 16.5. The Hall–Kier alpha value is -3.42. The van der Waals surface area contributed by atoms with Crippen LogP contribution in [0.4, 0.5) is 11.8 Å². The number of morpholine rings is 1.